The number of carbonyl (C=O) groups is 2. The van der Waals surface area contributed by atoms with Crippen molar-refractivity contribution in [3.63, 3.8) is 0 Å². The average Bonchev–Trinajstić information content (AvgIpc) is 2.59. The molecule has 0 atom stereocenters. The standard InChI is InChI=1S/C15H12ClFN4O4/c16-10-3-6-13(12(17)7-10)18-8-14(22)19-20-15(23)9-1-4-11(5-2-9)21(24)25/h1-7,18H,8H2,(H,19,22)(H,20,23). The molecule has 0 spiro atoms. The molecule has 0 bridgehead atoms. The van der Waals surface area contributed by atoms with Crippen molar-refractivity contribution in [2.75, 3.05) is 11.9 Å². The van der Waals surface area contributed by atoms with Gasteiger partial charge in [-0.3, -0.25) is 30.6 Å². The second kappa shape index (κ2) is 8.06. The predicted octanol–water partition coefficient (Wildman–Crippen LogP) is 2.26. The fourth-order valence-corrected chi connectivity index (χ4v) is 1.94. The van der Waals surface area contributed by atoms with E-state index in [2.05, 4.69) is 16.2 Å². The highest BCUT2D eigenvalue weighted by Crippen LogP contribution is 2.18. The van der Waals surface area contributed by atoms with Crippen LogP contribution in [0.2, 0.25) is 5.02 Å². The summed E-state index contributed by atoms with van der Waals surface area (Å²) < 4.78 is 13.5. The van der Waals surface area contributed by atoms with E-state index in [0.29, 0.717) is 0 Å². The summed E-state index contributed by atoms with van der Waals surface area (Å²) in [6.45, 7) is -0.293. The minimum absolute atomic E-state index is 0.0845. The van der Waals surface area contributed by atoms with Gasteiger partial charge in [-0.05, 0) is 30.3 Å². The first-order valence-corrected chi connectivity index (χ1v) is 7.27. The van der Waals surface area contributed by atoms with Gasteiger partial charge in [0.1, 0.15) is 5.82 Å². The van der Waals surface area contributed by atoms with E-state index in [0.717, 1.165) is 6.07 Å². The molecule has 2 aromatic rings. The summed E-state index contributed by atoms with van der Waals surface area (Å²) in [5.41, 5.74) is 4.33. The van der Waals surface area contributed by atoms with Crippen LogP contribution in [0.5, 0.6) is 0 Å². The molecule has 2 rings (SSSR count). The number of benzene rings is 2. The van der Waals surface area contributed by atoms with Crippen LogP contribution in [0.1, 0.15) is 10.4 Å². The van der Waals surface area contributed by atoms with Gasteiger partial charge in [-0.15, -0.1) is 0 Å². The van der Waals surface area contributed by atoms with Crippen LogP contribution in [0.25, 0.3) is 0 Å². The molecule has 0 saturated heterocycles. The molecule has 0 unspecified atom stereocenters. The van der Waals surface area contributed by atoms with Crippen molar-refractivity contribution in [2.24, 2.45) is 0 Å². The normalized spacial score (nSPS) is 10.0. The number of halogens is 2. The molecule has 25 heavy (non-hydrogen) atoms. The van der Waals surface area contributed by atoms with Gasteiger partial charge in [-0.25, -0.2) is 4.39 Å². The largest absolute Gasteiger partial charge is 0.374 e. The fraction of sp³-hybridized carbons (Fsp3) is 0.0667. The predicted molar refractivity (Wildman–Crippen MR) is 88.6 cm³/mol. The van der Waals surface area contributed by atoms with E-state index < -0.39 is 22.6 Å². The molecule has 3 N–H and O–H groups in total. The molecule has 0 aliphatic rings. The Labute approximate surface area is 146 Å². The van der Waals surface area contributed by atoms with Gasteiger partial charge in [-0.1, -0.05) is 11.6 Å². The van der Waals surface area contributed by atoms with Gasteiger partial charge in [0.05, 0.1) is 17.2 Å². The lowest BCUT2D eigenvalue weighted by Crippen LogP contribution is -2.44. The number of hydrogen-bond donors (Lipinski definition) is 3. The second-order valence-corrected chi connectivity index (χ2v) is 5.22. The number of nitrogens with one attached hydrogen (secondary N) is 3. The first-order chi connectivity index (χ1) is 11.9. The Bertz CT molecular complexity index is 814. The van der Waals surface area contributed by atoms with Crippen molar-refractivity contribution < 1.29 is 18.9 Å². The topological polar surface area (TPSA) is 113 Å². The third kappa shape index (κ3) is 5.15. The maximum absolute atomic E-state index is 13.5. The molecule has 0 aliphatic heterocycles. The molecule has 0 radical (unpaired) electrons. The number of hydrogen-bond acceptors (Lipinski definition) is 5. The molecule has 10 heteroatoms. The van der Waals surface area contributed by atoms with Crippen molar-refractivity contribution in [3.05, 3.63) is 69.0 Å². The van der Waals surface area contributed by atoms with E-state index >= 15 is 0 Å². The smallest absolute Gasteiger partial charge is 0.269 e. The molecule has 0 saturated carbocycles. The van der Waals surface area contributed by atoms with E-state index in [-0.39, 0.29) is 28.5 Å². The summed E-state index contributed by atoms with van der Waals surface area (Å²) in [5, 5.41) is 13.3. The monoisotopic (exact) mass is 366 g/mol. The zero-order chi connectivity index (χ0) is 18.4. The summed E-state index contributed by atoms with van der Waals surface area (Å²) in [6.07, 6.45) is 0. The molecule has 130 valence electrons. The van der Waals surface area contributed by atoms with Crippen LogP contribution in [0, 0.1) is 15.9 Å². The first kappa shape index (κ1) is 18.1. The SMILES string of the molecule is O=C(CNc1ccc(Cl)cc1F)NNC(=O)c1ccc([N+](=O)[O-])cc1. The average molecular weight is 367 g/mol. The fourth-order valence-electron chi connectivity index (χ4n) is 1.79. The zero-order valence-corrected chi connectivity index (χ0v) is 13.3. The maximum atomic E-state index is 13.5. The van der Waals surface area contributed by atoms with Crippen LogP contribution < -0.4 is 16.2 Å². The number of anilines is 1. The van der Waals surface area contributed by atoms with Crippen molar-refractivity contribution in [2.45, 2.75) is 0 Å². The van der Waals surface area contributed by atoms with E-state index in [1.54, 1.807) is 0 Å². The summed E-state index contributed by atoms with van der Waals surface area (Å²) in [7, 11) is 0. The summed E-state index contributed by atoms with van der Waals surface area (Å²) in [4.78, 5) is 33.4. The van der Waals surface area contributed by atoms with E-state index in [1.807, 2.05) is 0 Å². The van der Waals surface area contributed by atoms with Gasteiger partial charge in [0.25, 0.3) is 17.5 Å². The lowest BCUT2D eigenvalue weighted by atomic mass is 10.2. The lowest BCUT2D eigenvalue weighted by molar-refractivity contribution is -0.384. The molecular weight excluding hydrogens is 355 g/mol. The molecule has 0 fully saturated rings. The quantitative estimate of drug-likeness (QED) is 0.555. The molecule has 0 aromatic heterocycles. The number of non-ortho nitro benzene ring substituents is 1. The summed E-state index contributed by atoms with van der Waals surface area (Å²) in [6, 6.07) is 8.77. The number of rotatable bonds is 5. The molecule has 0 aliphatic carbocycles. The van der Waals surface area contributed by atoms with Gasteiger partial charge in [0, 0.05) is 22.7 Å². The molecular formula is C15H12ClFN4O4. The third-order valence-corrected chi connectivity index (χ3v) is 3.26. The number of nitro benzene ring substituents is 1. The highest BCUT2D eigenvalue weighted by molar-refractivity contribution is 6.30. The van der Waals surface area contributed by atoms with Crippen LogP contribution in [0.15, 0.2) is 42.5 Å². The van der Waals surface area contributed by atoms with Crippen LogP contribution in [0.3, 0.4) is 0 Å². The minimum atomic E-state index is -0.652. The summed E-state index contributed by atoms with van der Waals surface area (Å²) >= 11 is 5.62. The first-order valence-electron chi connectivity index (χ1n) is 6.89. The number of hydrazine groups is 1. The Morgan fingerprint density at radius 3 is 2.40 bits per heavy atom. The van der Waals surface area contributed by atoms with E-state index in [9.17, 15) is 24.1 Å². The van der Waals surface area contributed by atoms with Gasteiger partial charge in [0.15, 0.2) is 0 Å². The Hall–Kier alpha value is -3.20. The molecule has 8 nitrogen and oxygen atoms in total. The van der Waals surface area contributed by atoms with Crippen LogP contribution in [-0.4, -0.2) is 23.3 Å². The minimum Gasteiger partial charge on any atom is -0.374 e. The molecule has 2 aromatic carbocycles. The highest BCUT2D eigenvalue weighted by Gasteiger charge is 2.11. The molecule has 0 heterocycles. The number of carbonyl (C=O) groups excluding carboxylic acids is 2. The van der Waals surface area contributed by atoms with Crippen molar-refractivity contribution >= 4 is 34.8 Å². The van der Waals surface area contributed by atoms with Gasteiger partial charge >= 0.3 is 0 Å². The Morgan fingerprint density at radius 1 is 1.12 bits per heavy atom. The number of nitrogens with zero attached hydrogens (tertiary/aromatic N) is 1. The van der Waals surface area contributed by atoms with Crippen molar-refractivity contribution in [1.82, 2.24) is 10.9 Å². The van der Waals surface area contributed by atoms with E-state index in [4.69, 9.17) is 11.6 Å². The zero-order valence-electron chi connectivity index (χ0n) is 12.6. The van der Waals surface area contributed by atoms with Crippen molar-refractivity contribution in [3.8, 4) is 0 Å². The van der Waals surface area contributed by atoms with Crippen LogP contribution >= 0.6 is 11.6 Å². The maximum Gasteiger partial charge on any atom is 0.269 e. The van der Waals surface area contributed by atoms with Crippen LogP contribution in [0.4, 0.5) is 15.8 Å². The van der Waals surface area contributed by atoms with E-state index in [1.165, 1.54) is 36.4 Å². The van der Waals surface area contributed by atoms with Crippen molar-refractivity contribution in [1.29, 1.82) is 0 Å². The number of nitro groups is 1. The third-order valence-electron chi connectivity index (χ3n) is 3.03. The van der Waals surface area contributed by atoms with Crippen LogP contribution in [-0.2, 0) is 4.79 Å². The lowest BCUT2D eigenvalue weighted by Gasteiger charge is -2.10. The Morgan fingerprint density at radius 2 is 1.80 bits per heavy atom. The van der Waals surface area contributed by atoms with Gasteiger partial charge in [0.2, 0.25) is 0 Å². The molecule has 2 amide bonds. The second-order valence-electron chi connectivity index (χ2n) is 4.78. The number of amides is 2. The Balaban J connectivity index is 1.82. The van der Waals surface area contributed by atoms with Gasteiger partial charge in [-0.2, -0.15) is 0 Å². The summed E-state index contributed by atoms with van der Waals surface area (Å²) in [5.74, 6) is -1.89. The van der Waals surface area contributed by atoms with Gasteiger partial charge < -0.3 is 5.32 Å². The Kier molecular flexibility index (Phi) is 5.85. The highest BCUT2D eigenvalue weighted by atomic mass is 35.5.